The Labute approximate surface area is 100 Å². The molecule has 1 fully saturated rings. The summed E-state index contributed by atoms with van der Waals surface area (Å²) in [4.78, 5) is 11.2. The maximum atomic E-state index is 13.6. The molecule has 0 spiro atoms. The Balaban J connectivity index is 2.48. The van der Waals surface area contributed by atoms with Crippen LogP contribution in [0.3, 0.4) is 0 Å². The Morgan fingerprint density at radius 3 is 2.62 bits per heavy atom. The number of benzene rings is 1. The fourth-order valence-electron chi connectivity index (χ4n) is 2.12. The molecule has 0 saturated heterocycles. The molecule has 5 heteroatoms. The van der Waals surface area contributed by atoms with Gasteiger partial charge in [0.15, 0.2) is 0 Å². The van der Waals surface area contributed by atoms with E-state index in [1.807, 2.05) is 0 Å². The van der Waals surface area contributed by atoms with Crippen LogP contribution in [0.2, 0.25) is 0 Å². The summed E-state index contributed by atoms with van der Waals surface area (Å²) in [7, 11) is 0. The Hall–Kier alpha value is -0.940. The fraction of sp³-hybridized carbons (Fsp3) is 0.364. The molecular formula is C11H10BrFO3. The maximum Gasteiger partial charge on any atom is 0.314 e. The van der Waals surface area contributed by atoms with E-state index in [4.69, 9.17) is 0 Å². The molecule has 0 bridgehead atoms. The molecule has 1 aromatic carbocycles. The molecule has 16 heavy (non-hydrogen) atoms. The first kappa shape index (κ1) is 11.5. The van der Waals surface area contributed by atoms with Crippen LogP contribution >= 0.6 is 15.9 Å². The van der Waals surface area contributed by atoms with Crippen molar-refractivity contribution >= 4 is 21.9 Å². The highest BCUT2D eigenvalue weighted by molar-refractivity contribution is 9.10. The number of hydrogen-bond donors (Lipinski definition) is 2. The van der Waals surface area contributed by atoms with Gasteiger partial charge in [0.25, 0.3) is 0 Å². The summed E-state index contributed by atoms with van der Waals surface area (Å²) in [5, 5.41) is 18.4. The SMILES string of the molecule is O=C(O)C1(c2cc(Br)ccc2F)CC(O)C1. The van der Waals surface area contributed by atoms with E-state index in [1.165, 1.54) is 18.2 Å². The molecule has 2 rings (SSSR count). The van der Waals surface area contributed by atoms with Crippen LogP contribution < -0.4 is 0 Å². The number of halogens is 2. The Kier molecular flexibility index (Phi) is 2.75. The van der Waals surface area contributed by atoms with Gasteiger partial charge in [-0.1, -0.05) is 15.9 Å². The summed E-state index contributed by atoms with van der Waals surface area (Å²) in [5.41, 5.74) is -1.13. The monoisotopic (exact) mass is 288 g/mol. The highest BCUT2D eigenvalue weighted by atomic mass is 79.9. The van der Waals surface area contributed by atoms with Crippen LogP contribution in [-0.4, -0.2) is 22.3 Å². The van der Waals surface area contributed by atoms with Gasteiger partial charge >= 0.3 is 5.97 Å². The summed E-state index contributed by atoms with van der Waals surface area (Å²) in [5.74, 6) is -1.63. The van der Waals surface area contributed by atoms with Crippen molar-refractivity contribution in [2.45, 2.75) is 24.4 Å². The Morgan fingerprint density at radius 2 is 2.12 bits per heavy atom. The van der Waals surface area contributed by atoms with Crippen LogP contribution in [0.4, 0.5) is 4.39 Å². The lowest BCUT2D eigenvalue weighted by Gasteiger charge is -2.42. The minimum Gasteiger partial charge on any atom is -0.481 e. The van der Waals surface area contributed by atoms with Crippen LogP contribution in [0.15, 0.2) is 22.7 Å². The Bertz CT molecular complexity index is 441. The molecule has 1 saturated carbocycles. The van der Waals surface area contributed by atoms with Crippen LogP contribution in [0.5, 0.6) is 0 Å². The van der Waals surface area contributed by atoms with E-state index in [2.05, 4.69) is 15.9 Å². The summed E-state index contributed by atoms with van der Waals surface area (Å²) in [6.45, 7) is 0. The molecule has 0 amide bonds. The second kappa shape index (κ2) is 3.82. The largest absolute Gasteiger partial charge is 0.481 e. The molecule has 0 heterocycles. The van der Waals surface area contributed by atoms with Gasteiger partial charge in [0.05, 0.1) is 6.10 Å². The molecule has 0 aliphatic heterocycles. The van der Waals surface area contributed by atoms with E-state index in [0.717, 1.165) is 0 Å². The summed E-state index contributed by atoms with van der Waals surface area (Å²) in [6, 6.07) is 4.22. The minimum absolute atomic E-state index is 0.0652. The van der Waals surface area contributed by atoms with Gasteiger partial charge in [0, 0.05) is 10.0 Å². The number of carbonyl (C=O) groups is 1. The number of aliphatic hydroxyl groups is 1. The lowest BCUT2D eigenvalue weighted by atomic mass is 9.62. The lowest BCUT2D eigenvalue weighted by molar-refractivity contribution is -0.153. The van der Waals surface area contributed by atoms with Crippen LogP contribution in [0.25, 0.3) is 0 Å². The molecule has 86 valence electrons. The van der Waals surface area contributed by atoms with Crippen molar-refractivity contribution in [3.8, 4) is 0 Å². The molecule has 1 aliphatic carbocycles. The van der Waals surface area contributed by atoms with Gasteiger partial charge in [-0.3, -0.25) is 4.79 Å². The first-order valence-electron chi connectivity index (χ1n) is 4.83. The number of aliphatic hydroxyl groups excluding tert-OH is 1. The summed E-state index contributed by atoms with van der Waals surface area (Å²) >= 11 is 3.18. The van der Waals surface area contributed by atoms with Crippen molar-refractivity contribution in [3.05, 3.63) is 34.1 Å². The van der Waals surface area contributed by atoms with E-state index < -0.39 is 23.3 Å². The van der Waals surface area contributed by atoms with E-state index in [0.29, 0.717) is 4.47 Å². The molecule has 1 aromatic rings. The number of aliphatic carboxylic acids is 1. The third kappa shape index (κ3) is 1.64. The zero-order valence-corrected chi connectivity index (χ0v) is 9.87. The van der Waals surface area contributed by atoms with Crippen LogP contribution in [0.1, 0.15) is 18.4 Å². The average molecular weight is 289 g/mol. The zero-order chi connectivity index (χ0) is 11.9. The smallest absolute Gasteiger partial charge is 0.314 e. The van der Waals surface area contributed by atoms with Gasteiger partial charge in [0.2, 0.25) is 0 Å². The second-order valence-corrected chi connectivity index (χ2v) is 4.99. The first-order chi connectivity index (χ1) is 7.45. The van der Waals surface area contributed by atoms with Gasteiger partial charge in [-0.25, -0.2) is 4.39 Å². The van der Waals surface area contributed by atoms with Gasteiger partial charge < -0.3 is 10.2 Å². The van der Waals surface area contributed by atoms with Crippen molar-refractivity contribution in [1.29, 1.82) is 0 Å². The van der Waals surface area contributed by atoms with Crippen molar-refractivity contribution in [2.24, 2.45) is 0 Å². The van der Waals surface area contributed by atoms with Gasteiger partial charge in [-0.15, -0.1) is 0 Å². The van der Waals surface area contributed by atoms with Gasteiger partial charge in [-0.2, -0.15) is 0 Å². The lowest BCUT2D eigenvalue weighted by Crippen LogP contribution is -2.51. The standard InChI is InChI=1S/C11H10BrFO3/c12-6-1-2-9(13)8(3-6)11(10(15)16)4-7(14)5-11/h1-3,7,14H,4-5H2,(H,15,16). The third-order valence-electron chi connectivity index (χ3n) is 3.02. The Morgan fingerprint density at radius 1 is 1.50 bits per heavy atom. The number of carboxylic acid groups (broad SMARTS) is 1. The summed E-state index contributed by atoms with van der Waals surface area (Å²) in [6.07, 6.45) is -0.528. The van der Waals surface area contributed by atoms with E-state index >= 15 is 0 Å². The number of hydrogen-bond acceptors (Lipinski definition) is 2. The fourth-order valence-corrected chi connectivity index (χ4v) is 2.48. The van der Waals surface area contributed by atoms with Crippen molar-refractivity contribution in [3.63, 3.8) is 0 Å². The first-order valence-corrected chi connectivity index (χ1v) is 5.62. The van der Waals surface area contributed by atoms with Crippen molar-refractivity contribution < 1.29 is 19.4 Å². The van der Waals surface area contributed by atoms with Crippen LogP contribution in [0, 0.1) is 5.82 Å². The predicted molar refractivity (Wildman–Crippen MR) is 58.7 cm³/mol. The van der Waals surface area contributed by atoms with E-state index in [1.54, 1.807) is 0 Å². The quantitative estimate of drug-likeness (QED) is 0.876. The molecule has 3 nitrogen and oxygen atoms in total. The normalized spacial score (nSPS) is 28.6. The number of carboxylic acids is 1. The number of rotatable bonds is 2. The van der Waals surface area contributed by atoms with E-state index in [-0.39, 0.29) is 18.4 Å². The molecule has 0 unspecified atom stereocenters. The maximum absolute atomic E-state index is 13.6. The molecule has 0 aromatic heterocycles. The average Bonchev–Trinajstić information content (AvgIpc) is 2.16. The topological polar surface area (TPSA) is 57.5 Å². The molecule has 1 aliphatic rings. The van der Waals surface area contributed by atoms with Crippen molar-refractivity contribution in [2.75, 3.05) is 0 Å². The van der Waals surface area contributed by atoms with Gasteiger partial charge in [-0.05, 0) is 31.0 Å². The predicted octanol–water partition coefficient (Wildman–Crippen LogP) is 2.07. The van der Waals surface area contributed by atoms with Gasteiger partial charge in [0.1, 0.15) is 11.2 Å². The molecule has 0 radical (unpaired) electrons. The van der Waals surface area contributed by atoms with Crippen molar-refractivity contribution in [1.82, 2.24) is 0 Å². The zero-order valence-electron chi connectivity index (χ0n) is 8.28. The third-order valence-corrected chi connectivity index (χ3v) is 3.51. The highest BCUT2D eigenvalue weighted by Crippen LogP contribution is 2.45. The molecule has 2 N–H and O–H groups in total. The summed E-state index contributed by atoms with van der Waals surface area (Å²) < 4.78 is 14.2. The second-order valence-electron chi connectivity index (χ2n) is 4.07. The van der Waals surface area contributed by atoms with E-state index in [9.17, 15) is 19.4 Å². The molecule has 0 atom stereocenters. The molecular weight excluding hydrogens is 279 g/mol. The van der Waals surface area contributed by atoms with Crippen LogP contribution in [-0.2, 0) is 10.2 Å². The minimum atomic E-state index is -1.27. The highest BCUT2D eigenvalue weighted by Gasteiger charge is 2.52.